The molecule has 1 aromatic carbocycles. The lowest BCUT2D eigenvalue weighted by atomic mass is 10.1. The predicted molar refractivity (Wildman–Crippen MR) is 101 cm³/mol. The van der Waals surface area contributed by atoms with E-state index >= 15 is 0 Å². The van der Waals surface area contributed by atoms with Crippen LogP contribution in [-0.4, -0.2) is 35.7 Å². The van der Waals surface area contributed by atoms with Crippen LogP contribution < -0.4 is 0 Å². The van der Waals surface area contributed by atoms with Gasteiger partial charge in [-0.2, -0.15) is 0 Å². The number of rotatable bonds is 6. The second-order valence-electron chi connectivity index (χ2n) is 5.62. The number of fused-ring (bicyclic) bond motifs is 1. The zero-order valence-electron chi connectivity index (χ0n) is 13.6. The number of halogens is 1. The molecule has 3 rings (SSSR count). The van der Waals surface area contributed by atoms with Crippen LogP contribution in [0.15, 0.2) is 40.6 Å². The molecule has 25 heavy (non-hydrogen) atoms. The van der Waals surface area contributed by atoms with Gasteiger partial charge in [0.1, 0.15) is 0 Å². The van der Waals surface area contributed by atoms with Crippen LogP contribution in [0.25, 0.3) is 0 Å². The first kappa shape index (κ1) is 18.3. The summed E-state index contributed by atoms with van der Waals surface area (Å²) in [5, 5.41) is 2.73. The Labute approximate surface area is 160 Å². The van der Waals surface area contributed by atoms with E-state index in [4.69, 9.17) is 16.3 Å². The number of esters is 1. The van der Waals surface area contributed by atoms with Crippen molar-refractivity contribution in [2.24, 2.45) is 0 Å². The van der Waals surface area contributed by atoms with Crippen molar-refractivity contribution in [1.82, 2.24) is 4.90 Å². The van der Waals surface area contributed by atoms with E-state index in [0.717, 1.165) is 11.3 Å². The van der Waals surface area contributed by atoms with Crippen LogP contribution in [0.1, 0.15) is 16.9 Å². The highest BCUT2D eigenvalue weighted by atomic mass is 35.5. The molecule has 4 nitrogen and oxygen atoms in total. The molecule has 0 saturated heterocycles. The monoisotopic (exact) mass is 395 g/mol. The molecule has 0 atom stereocenters. The minimum atomic E-state index is -0.360. The van der Waals surface area contributed by atoms with E-state index < -0.39 is 0 Å². The summed E-state index contributed by atoms with van der Waals surface area (Å²) in [6.07, 6.45) is 1.12. The number of nitrogens with zero attached hydrogens (tertiary/aromatic N) is 1. The number of ether oxygens (including phenoxy) is 1. The number of hydrogen-bond acceptors (Lipinski definition) is 5. The highest BCUT2D eigenvalue weighted by Gasteiger charge is 2.22. The maximum absolute atomic E-state index is 12.2. The Bertz CT molecular complexity index is 762. The lowest BCUT2D eigenvalue weighted by Crippen LogP contribution is -2.38. The molecule has 1 amide bonds. The van der Waals surface area contributed by atoms with Crippen LogP contribution in [0.5, 0.6) is 0 Å². The number of thiophene rings is 1. The van der Waals surface area contributed by atoms with Gasteiger partial charge in [-0.15, -0.1) is 23.1 Å². The molecule has 0 saturated carbocycles. The second kappa shape index (κ2) is 8.74. The number of carbonyl (C=O) groups is 2. The SMILES string of the molecule is O=C(CCSc1ccccc1Cl)OCC(=O)N1CCc2sccc2C1. The van der Waals surface area contributed by atoms with E-state index in [-0.39, 0.29) is 24.9 Å². The summed E-state index contributed by atoms with van der Waals surface area (Å²) in [4.78, 5) is 28.1. The van der Waals surface area contributed by atoms with Gasteiger partial charge in [-0.1, -0.05) is 23.7 Å². The lowest BCUT2D eigenvalue weighted by Gasteiger charge is -2.26. The lowest BCUT2D eigenvalue weighted by molar-refractivity contribution is -0.152. The Kier molecular flexibility index (Phi) is 6.39. The number of thioether (sulfide) groups is 1. The van der Waals surface area contributed by atoms with Gasteiger partial charge in [-0.25, -0.2) is 0 Å². The van der Waals surface area contributed by atoms with Gasteiger partial charge < -0.3 is 9.64 Å². The minimum Gasteiger partial charge on any atom is -0.456 e. The molecule has 0 fully saturated rings. The van der Waals surface area contributed by atoms with E-state index in [1.165, 1.54) is 22.2 Å². The van der Waals surface area contributed by atoms with E-state index in [1.54, 1.807) is 16.2 Å². The van der Waals surface area contributed by atoms with Crippen molar-refractivity contribution in [3.63, 3.8) is 0 Å². The van der Waals surface area contributed by atoms with Gasteiger partial charge in [-0.05, 0) is 35.6 Å². The summed E-state index contributed by atoms with van der Waals surface area (Å²) in [6.45, 7) is 1.11. The summed E-state index contributed by atoms with van der Waals surface area (Å²) < 4.78 is 5.12. The standard InChI is InChI=1S/C18H18ClNO3S2/c19-14-3-1-2-4-16(14)25-10-7-18(22)23-12-17(21)20-8-5-15-13(11-20)6-9-24-15/h1-4,6,9H,5,7-8,10-12H2. The number of amides is 1. The van der Waals surface area contributed by atoms with Crippen LogP contribution in [0.4, 0.5) is 0 Å². The summed E-state index contributed by atoms with van der Waals surface area (Å²) in [7, 11) is 0. The third kappa shape index (κ3) is 5.00. The molecular formula is C18H18ClNO3S2. The fraction of sp³-hybridized carbons (Fsp3) is 0.333. The number of benzene rings is 1. The summed E-state index contributed by atoms with van der Waals surface area (Å²) >= 11 is 9.30. The highest BCUT2D eigenvalue weighted by molar-refractivity contribution is 7.99. The first-order chi connectivity index (χ1) is 12.1. The van der Waals surface area contributed by atoms with Crippen molar-refractivity contribution in [3.8, 4) is 0 Å². The van der Waals surface area contributed by atoms with Crippen LogP contribution >= 0.6 is 34.7 Å². The molecule has 1 aliphatic heterocycles. The van der Waals surface area contributed by atoms with Crippen molar-refractivity contribution in [2.75, 3.05) is 18.9 Å². The molecule has 1 aliphatic rings. The molecule has 2 heterocycles. The van der Waals surface area contributed by atoms with Crippen LogP contribution in [0.3, 0.4) is 0 Å². The molecular weight excluding hydrogens is 378 g/mol. The van der Waals surface area contributed by atoms with Crippen LogP contribution in [-0.2, 0) is 27.3 Å². The van der Waals surface area contributed by atoms with Crippen molar-refractivity contribution in [3.05, 3.63) is 51.2 Å². The fourth-order valence-electron chi connectivity index (χ4n) is 2.57. The Morgan fingerprint density at radius 2 is 2.12 bits per heavy atom. The number of hydrogen-bond donors (Lipinski definition) is 0. The van der Waals surface area contributed by atoms with Gasteiger partial charge in [0.05, 0.1) is 11.4 Å². The third-order valence-electron chi connectivity index (χ3n) is 3.92. The molecule has 0 N–H and O–H groups in total. The third-order valence-corrected chi connectivity index (χ3v) is 6.46. The predicted octanol–water partition coefficient (Wildman–Crippen LogP) is 4.01. The maximum Gasteiger partial charge on any atom is 0.307 e. The van der Waals surface area contributed by atoms with E-state index in [9.17, 15) is 9.59 Å². The molecule has 7 heteroatoms. The highest BCUT2D eigenvalue weighted by Crippen LogP contribution is 2.27. The Hall–Kier alpha value is -1.50. The topological polar surface area (TPSA) is 46.6 Å². The quantitative estimate of drug-likeness (QED) is 0.547. The zero-order chi connectivity index (χ0) is 17.6. The van der Waals surface area contributed by atoms with Crippen LogP contribution in [0.2, 0.25) is 5.02 Å². The Morgan fingerprint density at radius 1 is 1.28 bits per heavy atom. The molecule has 0 unspecified atom stereocenters. The van der Waals surface area contributed by atoms with Gasteiger partial charge in [-0.3, -0.25) is 9.59 Å². The van der Waals surface area contributed by atoms with Crippen molar-refractivity contribution in [1.29, 1.82) is 0 Å². The fourth-order valence-corrected chi connectivity index (χ4v) is 4.63. The Morgan fingerprint density at radius 3 is 2.96 bits per heavy atom. The molecule has 0 bridgehead atoms. The molecule has 2 aromatic rings. The van der Waals surface area contributed by atoms with Crippen molar-refractivity contribution >= 4 is 46.6 Å². The molecule has 0 aliphatic carbocycles. The smallest absolute Gasteiger partial charge is 0.307 e. The van der Waals surface area contributed by atoms with Gasteiger partial charge >= 0.3 is 5.97 Å². The van der Waals surface area contributed by atoms with Gasteiger partial charge in [0.2, 0.25) is 0 Å². The van der Waals surface area contributed by atoms with E-state index in [2.05, 4.69) is 11.4 Å². The molecule has 0 spiro atoms. The first-order valence-corrected chi connectivity index (χ1v) is 10.2. The Balaban J connectivity index is 1.37. The normalized spacial score (nSPS) is 13.4. The molecule has 0 radical (unpaired) electrons. The average Bonchev–Trinajstić information content (AvgIpc) is 3.09. The summed E-state index contributed by atoms with van der Waals surface area (Å²) in [6, 6.07) is 9.56. The first-order valence-electron chi connectivity index (χ1n) is 7.99. The van der Waals surface area contributed by atoms with Gasteiger partial charge in [0, 0.05) is 28.6 Å². The zero-order valence-corrected chi connectivity index (χ0v) is 16.0. The van der Waals surface area contributed by atoms with E-state index in [0.29, 0.717) is 23.9 Å². The summed E-state index contributed by atoms with van der Waals surface area (Å²) in [5.41, 5.74) is 1.20. The average molecular weight is 396 g/mol. The van der Waals surface area contributed by atoms with Gasteiger partial charge in [0.25, 0.3) is 5.91 Å². The second-order valence-corrected chi connectivity index (χ2v) is 8.17. The molecule has 1 aromatic heterocycles. The minimum absolute atomic E-state index is 0.135. The van der Waals surface area contributed by atoms with Crippen LogP contribution in [0, 0.1) is 0 Å². The van der Waals surface area contributed by atoms with Gasteiger partial charge in [0.15, 0.2) is 6.61 Å². The van der Waals surface area contributed by atoms with Crippen molar-refractivity contribution < 1.29 is 14.3 Å². The summed E-state index contributed by atoms with van der Waals surface area (Å²) in [5.74, 6) is 0.0729. The largest absolute Gasteiger partial charge is 0.456 e. The maximum atomic E-state index is 12.2. The van der Waals surface area contributed by atoms with E-state index in [1.807, 2.05) is 24.3 Å². The molecule has 132 valence electrons. The number of carbonyl (C=O) groups excluding carboxylic acids is 2. The van der Waals surface area contributed by atoms with Crippen molar-refractivity contribution in [2.45, 2.75) is 24.3 Å².